The second kappa shape index (κ2) is 6.02. The number of nitrogens with one attached hydrogen (secondary N) is 2. The Morgan fingerprint density at radius 1 is 1.57 bits per heavy atom. The average Bonchev–Trinajstić information content (AvgIpc) is 3.12. The van der Waals surface area contributed by atoms with Gasteiger partial charge in [-0.05, 0) is 35.2 Å². The molecular weight excluding hydrogens is 282 g/mol. The SMILES string of the molecule is CC(C)c1nc2c([nH]1)C[C@H](C(=O)NCc1ccsc1)CC2. The number of amides is 1. The molecule has 1 aliphatic carbocycles. The lowest BCUT2D eigenvalue weighted by molar-refractivity contribution is -0.125. The number of H-pyrrole nitrogens is 1. The first-order valence-electron chi connectivity index (χ1n) is 7.50. The van der Waals surface area contributed by atoms with Gasteiger partial charge in [0.25, 0.3) is 0 Å². The van der Waals surface area contributed by atoms with Gasteiger partial charge in [-0.15, -0.1) is 0 Å². The minimum Gasteiger partial charge on any atom is -0.352 e. The number of rotatable bonds is 4. The van der Waals surface area contributed by atoms with Crippen LogP contribution >= 0.6 is 11.3 Å². The molecule has 5 heteroatoms. The predicted molar refractivity (Wildman–Crippen MR) is 84.4 cm³/mol. The van der Waals surface area contributed by atoms with Gasteiger partial charge in [0.1, 0.15) is 5.82 Å². The molecule has 0 unspecified atom stereocenters. The van der Waals surface area contributed by atoms with Crippen molar-refractivity contribution in [2.75, 3.05) is 0 Å². The minimum absolute atomic E-state index is 0.0663. The predicted octanol–water partition coefficient (Wildman–Crippen LogP) is 3.02. The molecule has 3 rings (SSSR count). The monoisotopic (exact) mass is 303 g/mol. The summed E-state index contributed by atoms with van der Waals surface area (Å²) in [6.07, 6.45) is 2.57. The summed E-state index contributed by atoms with van der Waals surface area (Å²) < 4.78 is 0. The van der Waals surface area contributed by atoms with Crippen molar-refractivity contribution in [3.8, 4) is 0 Å². The van der Waals surface area contributed by atoms with Crippen molar-refractivity contribution in [3.05, 3.63) is 39.6 Å². The summed E-state index contributed by atoms with van der Waals surface area (Å²) in [6.45, 7) is 4.90. The maximum Gasteiger partial charge on any atom is 0.223 e. The van der Waals surface area contributed by atoms with Crippen molar-refractivity contribution >= 4 is 17.2 Å². The van der Waals surface area contributed by atoms with Crippen molar-refractivity contribution in [1.29, 1.82) is 0 Å². The van der Waals surface area contributed by atoms with Crippen LogP contribution in [0, 0.1) is 5.92 Å². The third-order valence-electron chi connectivity index (χ3n) is 4.03. The molecule has 4 nitrogen and oxygen atoms in total. The standard InChI is InChI=1S/C16H21N3OS/c1-10(2)15-18-13-4-3-12(7-14(13)19-15)16(20)17-8-11-5-6-21-9-11/h5-6,9-10,12H,3-4,7-8H2,1-2H3,(H,17,20)(H,18,19)/t12-/m1/s1. The molecule has 1 atom stereocenters. The number of carbonyl (C=O) groups is 1. The van der Waals surface area contributed by atoms with Crippen LogP contribution in [0.2, 0.25) is 0 Å². The van der Waals surface area contributed by atoms with E-state index < -0.39 is 0 Å². The number of aromatic amines is 1. The van der Waals surface area contributed by atoms with Gasteiger partial charge in [0.05, 0.1) is 5.69 Å². The summed E-state index contributed by atoms with van der Waals surface area (Å²) in [5.74, 6) is 1.67. The number of aromatic nitrogens is 2. The lowest BCUT2D eigenvalue weighted by Gasteiger charge is -2.20. The minimum atomic E-state index is 0.0663. The maximum absolute atomic E-state index is 12.3. The van der Waals surface area contributed by atoms with Crippen LogP contribution in [0.3, 0.4) is 0 Å². The zero-order chi connectivity index (χ0) is 14.8. The van der Waals surface area contributed by atoms with Gasteiger partial charge in [-0.2, -0.15) is 11.3 Å². The van der Waals surface area contributed by atoms with E-state index in [1.165, 1.54) is 5.56 Å². The van der Waals surface area contributed by atoms with Gasteiger partial charge >= 0.3 is 0 Å². The molecule has 0 fully saturated rings. The summed E-state index contributed by atoms with van der Waals surface area (Å²) in [4.78, 5) is 20.3. The van der Waals surface area contributed by atoms with Crippen LogP contribution in [0.15, 0.2) is 16.8 Å². The summed E-state index contributed by atoms with van der Waals surface area (Å²) >= 11 is 1.66. The molecule has 0 spiro atoms. The Morgan fingerprint density at radius 2 is 2.43 bits per heavy atom. The molecule has 2 aromatic rings. The van der Waals surface area contributed by atoms with Crippen LogP contribution in [0.5, 0.6) is 0 Å². The van der Waals surface area contributed by atoms with Gasteiger partial charge in [0, 0.05) is 30.5 Å². The van der Waals surface area contributed by atoms with Crippen LogP contribution in [-0.4, -0.2) is 15.9 Å². The summed E-state index contributed by atoms with van der Waals surface area (Å²) in [5.41, 5.74) is 3.48. The van der Waals surface area contributed by atoms with Crippen molar-refractivity contribution in [2.45, 2.75) is 45.6 Å². The number of aryl methyl sites for hydroxylation is 1. The van der Waals surface area contributed by atoms with Crippen molar-refractivity contribution in [1.82, 2.24) is 15.3 Å². The smallest absolute Gasteiger partial charge is 0.223 e. The normalized spacial score (nSPS) is 17.8. The number of carbonyl (C=O) groups excluding carboxylic acids is 1. The van der Waals surface area contributed by atoms with E-state index >= 15 is 0 Å². The molecular formula is C16H21N3OS. The number of hydrogen-bond donors (Lipinski definition) is 2. The second-order valence-electron chi connectivity index (χ2n) is 5.99. The number of nitrogens with zero attached hydrogens (tertiary/aromatic N) is 1. The molecule has 0 bridgehead atoms. The molecule has 0 radical (unpaired) electrons. The van der Waals surface area contributed by atoms with Crippen LogP contribution in [0.4, 0.5) is 0 Å². The highest BCUT2D eigenvalue weighted by Crippen LogP contribution is 2.26. The Kier molecular flexibility index (Phi) is 4.10. The lowest BCUT2D eigenvalue weighted by atomic mass is 9.89. The molecule has 2 heterocycles. The van der Waals surface area contributed by atoms with Crippen LogP contribution in [0.25, 0.3) is 0 Å². The second-order valence-corrected chi connectivity index (χ2v) is 6.77. The zero-order valence-electron chi connectivity index (χ0n) is 12.5. The Hall–Kier alpha value is -1.62. The van der Waals surface area contributed by atoms with Crippen molar-refractivity contribution in [3.63, 3.8) is 0 Å². The summed E-state index contributed by atoms with van der Waals surface area (Å²) in [6, 6.07) is 2.05. The highest BCUT2D eigenvalue weighted by Gasteiger charge is 2.27. The molecule has 2 N–H and O–H groups in total. The molecule has 1 amide bonds. The highest BCUT2D eigenvalue weighted by molar-refractivity contribution is 7.07. The topological polar surface area (TPSA) is 57.8 Å². The molecule has 2 aromatic heterocycles. The van der Waals surface area contributed by atoms with E-state index in [-0.39, 0.29) is 11.8 Å². The van der Waals surface area contributed by atoms with E-state index in [0.29, 0.717) is 12.5 Å². The Balaban J connectivity index is 1.61. The third kappa shape index (κ3) is 3.18. The largest absolute Gasteiger partial charge is 0.352 e. The average molecular weight is 303 g/mol. The van der Waals surface area contributed by atoms with Gasteiger partial charge in [-0.25, -0.2) is 4.98 Å². The van der Waals surface area contributed by atoms with Gasteiger partial charge in [-0.3, -0.25) is 4.79 Å². The molecule has 1 aliphatic rings. The third-order valence-corrected chi connectivity index (χ3v) is 4.76. The van der Waals surface area contributed by atoms with Gasteiger partial charge in [0.2, 0.25) is 5.91 Å². The fourth-order valence-electron chi connectivity index (χ4n) is 2.73. The van der Waals surface area contributed by atoms with E-state index in [2.05, 4.69) is 34.5 Å². The fourth-order valence-corrected chi connectivity index (χ4v) is 3.40. The number of fused-ring (bicyclic) bond motifs is 1. The first-order chi connectivity index (χ1) is 10.1. The number of hydrogen-bond acceptors (Lipinski definition) is 3. The summed E-state index contributed by atoms with van der Waals surface area (Å²) in [7, 11) is 0. The fraction of sp³-hybridized carbons (Fsp3) is 0.500. The van der Waals surface area contributed by atoms with E-state index in [1.807, 2.05) is 11.4 Å². The van der Waals surface area contributed by atoms with Crippen LogP contribution in [-0.2, 0) is 24.2 Å². The van der Waals surface area contributed by atoms with Gasteiger partial charge < -0.3 is 10.3 Å². The molecule has 0 saturated carbocycles. The Labute approximate surface area is 129 Å². The van der Waals surface area contributed by atoms with Crippen LogP contribution in [0.1, 0.15) is 49.0 Å². The first kappa shape index (κ1) is 14.3. The van der Waals surface area contributed by atoms with Crippen LogP contribution < -0.4 is 5.32 Å². The highest BCUT2D eigenvalue weighted by atomic mass is 32.1. The quantitative estimate of drug-likeness (QED) is 0.912. The molecule has 21 heavy (non-hydrogen) atoms. The number of imidazole rings is 1. The molecule has 112 valence electrons. The Morgan fingerprint density at radius 3 is 3.14 bits per heavy atom. The van der Waals surface area contributed by atoms with E-state index in [9.17, 15) is 4.79 Å². The molecule has 0 aromatic carbocycles. The van der Waals surface area contributed by atoms with Crippen molar-refractivity contribution in [2.24, 2.45) is 5.92 Å². The van der Waals surface area contributed by atoms with Crippen molar-refractivity contribution < 1.29 is 4.79 Å². The molecule has 0 aliphatic heterocycles. The van der Waals surface area contributed by atoms with E-state index in [0.717, 1.165) is 36.5 Å². The van der Waals surface area contributed by atoms with E-state index in [4.69, 9.17) is 0 Å². The molecule has 0 saturated heterocycles. The van der Waals surface area contributed by atoms with Gasteiger partial charge in [0.15, 0.2) is 0 Å². The van der Waals surface area contributed by atoms with E-state index in [1.54, 1.807) is 11.3 Å². The zero-order valence-corrected chi connectivity index (χ0v) is 13.3. The maximum atomic E-state index is 12.3. The lowest BCUT2D eigenvalue weighted by Crippen LogP contribution is -2.33. The Bertz CT molecular complexity index is 616. The van der Waals surface area contributed by atoms with Gasteiger partial charge in [-0.1, -0.05) is 13.8 Å². The number of thiophene rings is 1. The summed E-state index contributed by atoms with van der Waals surface area (Å²) in [5, 5.41) is 7.16. The first-order valence-corrected chi connectivity index (χ1v) is 8.44.